The van der Waals surface area contributed by atoms with Crippen molar-refractivity contribution in [2.75, 3.05) is 18.4 Å². The maximum absolute atomic E-state index is 12.1. The van der Waals surface area contributed by atoms with Gasteiger partial charge in [-0.3, -0.25) is 9.78 Å². The molecular formula is C22H33N5O. The van der Waals surface area contributed by atoms with Gasteiger partial charge in [0.25, 0.3) is 0 Å². The van der Waals surface area contributed by atoms with Crippen molar-refractivity contribution in [3.63, 3.8) is 0 Å². The third-order valence-electron chi connectivity index (χ3n) is 5.48. The molecule has 6 heteroatoms. The Balaban J connectivity index is 1.53. The highest BCUT2D eigenvalue weighted by Crippen LogP contribution is 2.27. The molecule has 3 heterocycles. The van der Waals surface area contributed by atoms with Gasteiger partial charge in [-0.2, -0.15) is 5.10 Å². The van der Waals surface area contributed by atoms with Crippen molar-refractivity contribution in [3.8, 4) is 0 Å². The summed E-state index contributed by atoms with van der Waals surface area (Å²) in [7, 11) is 0. The van der Waals surface area contributed by atoms with E-state index in [9.17, 15) is 4.79 Å². The van der Waals surface area contributed by atoms with Gasteiger partial charge in [-0.1, -0.05) is 19.9 Å². The minimum atomic E-state index is 0.0633. The first-order valence-electron chi connectivity index (χ1n) is 10.4. The predicted octanol–water partition coefficient (Wildman–Crippen LogP) is 3.84. The SMILES string of the molecule is Cc1ccc(C[C@H](C)N2CCC(n3nccc3NC(=O)CC(C)C)CC2)nc1. The molecule has 1 N–H and O–H groups in total. The van der Waals surface area contributed by atoms with Crippen LogP contribution in [0.5, 0.6) is 0 Å². The normalized spacial score (nSPS) is 17.0. The second-order valence-electron chi connectivity index (χ2n) is 8.45. The van der Waals surface area contributed by atoms with E-state index in [-0.39, 0.29) is 5.91 Å². The van der Waals surface area contributed by atoms with Crippen molar-refractivity contribution in [3.05, 3.63) is 41.9 Å². The zero-order chi connectivity index (χ0) is 20.1. The van der Waals surface area contributed by atoms with Crippen LogP contribution in [0.1, 0.15) is 57.3 Å². The number of carbonyl (C=O) groups excluding carboxylic acids is 1. The monoisotopic (exact) mass is 383 g/mol. The van der Waals surface area contributed by atoms with Crippen LogP contribution in [0, 0.1) is 12.8 Å². The number of anilines is 1. The third kappa shape index (κ3) is 5.41. The molecule has 1 amide bonds. The van der Waals surface area contributed by atoms with E-state index in [0.717, 1.165) is 43.9 Å². The van der Waals surface area contributed by atoms with Gasteiger partial charge in [0, 0.05) is 49.9 Å². The molecule has 2 aromatic heterocycles. The number of carbonyl (C=O) groups is 1. The molecule has 0 aliphatic carbocycles. The molecule has 1 atom stereocenters. The second kappa shape index (κ2) is 9.32. The van der Waals surface area contributed by atoms with Crippen molar-refractivity contribution < 1.29 is 4.79 Å². The molecule has 0 spiro atoms. The Morgan fingerprint density at radius 3 is 2.61 bits per heavy atom. The number of likely N-dealkylation sites (tertiary alicyclic amines) is 1. The topological polar surface area (TPSA) is 63.1 Å². The van der Waals surface area contributed by atoms with Crippen LogP contribution in [-0.4, -0.2) is 44.7 Å². The maximum atomic E-state index is 12.1. The first-order chi connectivity index (χ1) is 13.4. The van der Waals surface area contributed by atoms with Crippen molar-refractivity contribution in [2.45, 2.75) is 65.5 Å². The van der Waals surface area contributed by atoms with E-state index < -0.39 is 0 Å². The summed E-state index contributed by atoms with van der Waals surface area (Å²) in [5.74, 6) is 1.23. The molecule has 1 aliphatic heterocycles. The lowest BCUT2D eigenvalue weighted by atomic mass is 10.0. The van der Waals surface area contributed by atoms with Crippen LogP contribution in [0.15, 0.2) is 30.6 Å². The van der Waals surface area contributed by atoms with Gasteiger partial charge >= 0.3 is 0 Å². The largest absolute Gasteiger partial charge is 0.311 e. The Morgan fingerprint density at radius 1 is 1.21 bits per heavy atom. The maximum Gasteiger partial charge on any atom is 0.225 e. The zero-order valence-electron chi connectivity index (χ0n) is 17.6. The summed E-state index contributed by atoms with van der Waals surface area (Å²) in [6, 6.07) is 6.98. The number of rotatable bonds is 7. The summed E-state index contributed by atoms with van der Waals surface area (Å²) in [6.07, 6.45) is 7.32. The smallest absolute Gasteiger partial charge is 0.225 e. The van der Waals surface area contributed by atoms with E-state index in [1.807, 2.05) is 16.9 Å². The lowest BCUT2D eigenvalue weighted by Crippen LogP contribution is -2.41. The van der Waals surface area contributed by atoms with E-state index in [0.29, 0.717) is 24.4 Å². The Labute approximate surface area is 168 Å². The second-order valence-corrected chi connectivity index (χ2v) is 8.45. The van der Waals surface area contributed by atoms with Gasteiger partial charge in [-0.05, 0) is 44.2 Å². The molecule has 2 aromatic rings. The molecule has 1 fully saturated rings. The van der Waals surface area contributed by atoms with Crippen LogP contribution < -0.4 is 5.32 Å². The minimum absolute atomic E-state index is 0.0633. The fraction of sp³-hybridized carbons (Fsp3) is 0.591. The number of aromatic nitrogens is 3. The zero-order valence-corrected chi connectivity index (χ0v) is 17.6. The van der Waals surface area contributed by atoms with Crippen molar-refractivity contribution in [1.82, 2.24) is 19.7 Å². The van der Waals surface area contributed by atoms with Crippen molar-refractivity contribution in [2.24, 2.45) is 5.92 Å². The van der Waals surface area contributed by atoms with E-state index in [1.54, 1.807) is 6.20 Å². The molecule has 0 saturated carbocycles. The number of nitrogens with one attached hydrogen (secondary N) is 1. The van der Waals surface area contributed by atoms with E-state index >= 15 is 0 Å². The van der Waals surface area contributed by atoms with Crippen LogP contribution in [0.3, 0.4) is 0 Å². The van der Waals surface area contributed by atoms with Crippen LogP contribution in [-0.2, 0) is 11.2 Å². The van der Waals surface area contributed by atoms with Crippen molar-refractivity contribution >= 4 is 11.7 Å². The minimum Gasteiger partial charge on any atom is -0.311 e. The number of pyridine rings is 1. The molecule has 0 aromatic carbocycles. The number of nitrogens with zero attached hydrogens (tertiary/aromatic N) is 4. The van der Waals surface area contributed by atoms with Crippen LogP contribution in [0.4, 0.5) is 5.82 Å². The quantitative estimate of drug-likeness (QED) is 0.789. The highest BCUT2D eigenvalue weighted by Gasteiger charge is 2.26. The summed E-state index contributed by atoms with van der Waals surface area (Å²) < 4.78 is 2.00. The molecule has 28 heavy (non-hydrogen) atoms. The van der Waals surface area contributed by atoms with Crippen LogP contribution >= 0.6 is 0 Å². The van der Waals surface area contributed by atoms with Gasteiger partial charge in [0.05, 0.1) is 12.2 Å². The molecule has 152 valence electrons. The van der Waals surface area contributed by atoms with Gasteiger partial charge in [0.2, 0.25) is 5.91 Å². The molecule has 0 radical (unpaired) electrons. The summed E-state index contributed by atoms with van der Waals surface area (Å²) in [5, 5.41) is 7.52. The molecule has 3 rings (SSSR count). The predicted molar refractivity (Wildman–Crippen MR) is 112 cm³/mol. The number of aryl methyl sites for hydroxylation is 1. The summed E-state index contributed by atoms with van der Waals surface area (Å²) in [6.45, 7) is 10.5. The standard InChI is InChI=1S/C22H33N5O/c1-16(2)13-22(28)25-21-7-10-24-27(21)20-8-11-26(12-9-20)18(4)14-19-6-5-17(3)15-23-19/h5-7,10,15-16,18,20H,8-9,11-14H2,1-4H3,(H,25,28)/t18-/m0/s1. The van der Waals surface area contributed by atoms with Crippen molar-refractivity contribution in [1.29, 1.82) is 0 Å². The van der Waals surface area contributed by atoms with Gasteiger partial charge in [0.1, 0.15) is 5.82 Å². The molecule has 1 aliphatic rings. The number of hydrogen-bond donors (Lipinski definition) is 1. The molecule has 6 nitrogen and oxygen atoms in total. The molecule has 1 saturated heterocycles. The van der Waals surface area contributed by atoms with E-state index in [2.05, 4.69) is 60.1 Å². The Morgan fingerprint density at radius 2 is 1.96 bits per heavy atom. The lowest BCUT2D eigenvalue weighted by Gasteiger charge is -2.36. The molecule has 0 bridgehead atoms. The average Bonchev–Trinajstić information content (AvgIpc) is 3.11. The highest BCUT2D eigenvalue weighted by molar-refractivity contribution is 5.89. The Bertz CT molecular complexity index is 759. The molecule has 0 unspecified atom stereocenters. The van der Waals surface area contributed by atoms with Crippen LogP contribution in [0.2, 0.25) is 0 Å². The van der Waals surface area contributed by atoms with Gasteiger partial charge in [-0.25, -0.2) is 4.68 Å². The highest BCUT2D eigenvalue weighted by atomic mass is 16.1. The third-order valence-corrected chi connectivity index (χ3v) is 5.48. The number of hydrogen-bond acceptors (Lipinski definition) is 4. The Hall–Kier alpha value is -2.21. The lowest BCUT2D eigenvalue weighted by molar-refractivity contribution is -0.116. The van der Waals surface area contributed by atoms with Gasteiger partial charge < -0.3 is 10.2 Å². The summed E-state index contributed by atoms with van der Waals surface area (Å²) in [4.78, 5) is 19.2. The van der Waals surface area contributed by atoms with E-state index in [1.165, 1.54) is 5.56 Å². The fourth-order valence-electron chi connectivity index (χ4n) is 3.89. The van der Waals surface area contributed by atoms with E-state index in [4.69, 9.17) is 0 Å². The van der Waals surface area contributed by atoms with Gasteiger partial charge in [0.15, 0.2) is 0 Å². The fourth-order valence-corrected chi connectivity index (χ4v) is 3.89. The number of piperidine rings is 1. The van der Waals surface area contributed by atoms with Gasteiger partial charge in [-0.15, -0.1) is 0 Å². The first-order valence-corrected chi connectivity index (χ1v) is 10.4. The van der Waals surface area contributed by atoms with Crippen LogP contribution in [0.25, 0.3) is 0 Å². The molecular weight excluding hydrogens is 350 g/mol. The first kappa shape index (κ1) is 20.5. The number of amides is 1. The average molecular weight is 384 g/mol. The summed E-state index contributed by atoms with van der Waals surface area (Å²) in [5.41, 5.74) is 2.36. The Kier molecular flexibility index (Phi) is 6.83. The summed E-state index contributed by atoms with van der Waals surface area (Å²) >= 11 is 0.